The number of nitrogen functional groups attached to an aromatic ring is 1. The van der Waals surface area contributed by atoms with Crippen LogP contribution in [0.15, 0.2) is 26.2 Å². The molecule has 0 radical (unpaired) electrons. The van der Waals surface area contributed by atoms with Gasteiger partial charge in [0, 0.05) is 28.9 Å². The van der Waals surface area contributed by atoms with Crippen LogP contribution in [-0.4, -0.2) is 18.8 Å². The van der Waals surface area contributed by atoms with Gasteiger partial charge in [-0.3, -0.25) is 9.35 Å². The standard InChI is InChI=1S/C17H21NO6S/c1-5-17(3,4)15(19)7-11-9(2)10-6-14(25(21,22)23)12(18)8-13(10)24-16(11)20/h6,8H,5,7,18H2,1-4H3,(H,21,22,23). The van der Waals surface area contributed by atoms with Crippen LogP contribution < -0.4 is 11.4 Å². The van der Waals surface area contributed by atoms with E-state index in [1.807, 2.05) is 6.92 Å². The number of benzene rings is 1. The number of anilines is 1. The lowest BCUT2D eigenvalue weighted by Gasteiger charge is -2.21. The highest BCUT2D eigenvalue weighted by molar-refractivity contribution is 7.86. The molecule has 0 saturated heterocycles. The van der Waals surface area contributed by atoms with Gasteiger partial charge in [-0.25, -0.2) is 4.79 Å². The number of ketones is 1. The van der Waals surface area contributed by atoms with Gasteiger partial charge in [-0.1, -0.05) is 20.8 Å². The Hall–Kier alpha value is -2.19. The van der Waals surface area contributed by atoms with Crippen LogP contribution >= 0.6 is 0 Å². The molecule has 0 bridgehead atoms. The zero-order chi connectivity index (χ0) is 19.2. The highest BCUT2D eigenvalue weighted by Gasteiger charge is 2.27. The van der Waals surface area contributed by atoms with Crippen molar-refractivity contribution >= 4 is 32.6 Å². The van der Waals surface area contributed by atoms with E-state index in [4.69, 9.17) is 10.2 Å². The molecule has 1 aromatic carbocycles. The molecule has 8 heteroatoms. The molecule has 3 N–H and O–H groups in total. The average molecular weight is 367 g/mol. The number of carbonyl (C=O) groups excluding carboxylic acids is 1. The minimum Gasteiger partial charge on any atom is -0.422 e. The highest BCUT2D eigenvalue weighted by atomic mass is 32.2. The number of hydrogen-bond donors (Lipinski definition) is 2. The zero-order valence-corrected chi connectivity index (χ0v) is 15.4. The number of Topliss-reactive ketones (excluding diaryl/α,β-unsaturated/α-hetero) is 1. The van der Waals surface area contributed by atoms with E-state index in [1.165, 1.54) is 6.07 Å². The molecule has 0 aliphatic heterocycles. The molecule has 0 amide bonds. The Labute approximate surface area is 145 Å². The largest absolute Gasteiger partial charge is 0.422 e. The first-order valence-electron chi connectivity index (χ1n) is 7.75. The molecule has 25 heavy (non-hydrogen) atoms. The van der Waals surface area contributed by atoms with Gasteiger partial charge in [-0.2, -0.15) is 8.42 Å². The van der Waals surface area contributed by atoms with E-state index in [2.05, 4.69) is 0 Å². The molecule has 2 rings (SSSR count). The van der Waals surface area contributed by atoms with Gasteiger partial charge in [0.15, 0.2) is 0 Å². The second kappa shape index (κ2) is 6.27. The molecular formula is C17H21NO6S. The van der Waals surface area contributed by atoms with Crippen LogP contribution in [0.5, 0.6) is 0 Å². The fraction of sp³-hybridized carbons (Fsp3) is 0.412. The Morgan fingerprint density at radius 3 is 2.44 bits per heavy atom. The van der Waals surface area contributed by atoms with E-state index in [9.17, 15) is 22.6 Å². The van der Waals surface area contributed by atoms with E-state index in [-0.39, 0.29) is 29.0 Å². The predicted octanol–water partition coefficient (Wildman–Crippen LogP) is 2.48. The first kappa shape index (κ1) is 19.1. The lowest BCUT2D eigenvalue weighted by Crippen LogP contribution is -2.27. The minimum absolute atomic E-state index is 0.0957. The van der Waals surface area contributed by atoms with Crippen molar-refractivity contribution in [2.24, 2.45) is 5.41 Å². The molecule has 0 fully saturated rings. The Morgan fingerprint density at radius 2 is 1.92 bits per heavy atom. The van der Waals surface area contributed by atoms with Crippen molar-refractivity contribution in [2.75, 3.05) is 5.73 Å². The van der Waals surface area contributed by atoms with Gasteiger partial charge in [0.25, 0.3) is 10.1 Å². The molecule has 7 nitrogen and oxygen atoms in total. The van der Waals surface area contributed by atoms with Gasteiger partial charge in [-0.15, -0.1) is 0 Å². The summed E-state index contributed by atoms with van der Waals surface area (Å²) < 4.78 is 37.4. The maximum absolute atomic E-state index is 12.4. The molecule has 0 atom stereocenters. The van der Waals surface area contributed by atoms with Crippen molar-refractivity contribution in [1.82, 2.24) is 0 Å². The second-order valence-electron chi connectivity index (χ2n) is 6.69. The van der Waals surface area contributed by atoms with Gasteiger partial charge in [0.1, 0.15) is 16.3 Å². The van der Waals surface area contributed by atoms with E-state index in [0.717, 1.165) is 6.07 Å². The normalized spacial score (nSPS) is 12.5. The summed E-state index contributed by atoms with van der Waals surface area (Å²) in [6, 6.07) is 2.33. The number of rotatable bonds is 5. The van der Waals surface area contributed by atoms with Gasteiger partial charge in [0.05, 0.1) is 5.69 Å². The average Bonchev–Trinajstić information content (AvgIpc) is 2.49. The molecule has 136 valence electrons. The first-order valence-corrected chi connectivity index (χ1v) is 9.19. The van der Waals surface area contributed by atoms with Crippen LogP contribution in [0.25, 0.3) is 11.0 Å². The fourth-order valence-corrected chi connectivity index (χ4v) is 3.08. The molecule has 1 aromatic heterocycles. The topological polar surface area (TPSA) is 128 Å². The quantitative estimate of drug-likeness (QED) is 0.472. The Bertz CT molecular complexity index is 1020. The number of fused-ring (bicyclic) bond motifs is 1. The van der Waals surface area contributed by atoms with Gasteiger partial charge >= 0.3 is 5.63 Å². The van der Waals surface area contributed by atoms with Crippen LogP contribution in [0.1, 0.15) is 38.3 Å². The molecular weight excluding hydrogens is 346 g/mol. The van der Waals surface area contributed by atoms with Crippen LogP contribution in [0.2, 0.25) is 0 Å². The summed E-state index contributed by atoms with van der Waals surface area (Å²) in [4.78, 5) is 24.3. The number of nitrogens with two attached hydrogens (primary N) is 1. The first-order chi connectivity index (χ1) is 11.4. The summed E-state index contributed by atoms with van der Waals surface area (Å²) in [5, 5.41) is 0.304. The predicted molar refractivity (Wildman–Crippen MR) is 94.2 cm³/mol. The van der Waals surface area contributed by atoms with Crippen LogP contribution in [-0.2, 0) is 21.3 Å². The van der Waals surface area contributed by atoms with Crippen LogP contribution in [0.4, 0.5) is 5.69 Å². The van der Waals surface area contributed by atoms with Crippen molar-refractivity contribution in [1.29, 1.82) is 0 Å². The number of aryl methyl sites for hydroxylation is 1. The number of hydrogen-bond acceptors (Lipinski definition) is 6. The summed E-state index contributed by atoms with van der Waals surface area (Å²) in [6.07, 6.45) is 0.504. The second-order valence-corrected chi connectivity index (χ2v) is 8.08. The third-order valence-corrected chi connectivity index (χ3v) is 5.58. The summed E-state index contributed by atoms with van der Waals surface area (Å²) in [7, 11) is -4.53. The maximum Gasteiger partial charge on any atom is 0.340 e. The van der Waals surface area contributed by atoms with Gasteiger partial charge < -0.3 is 10.2 Å². The lowest BCUT2D eigenvalue weighted by molar-refractivity contribution is -0.126. The molecule has 0 spiro atoms. The maximum atomic E-state index is 12.4. The van der Waals surface area contributed by atoms with Crippen molar-refractivity contribution in [2.45, 2.75) is 45.4 Å². The van der Waals surface area contributed by atoms with Gasteiger partial charge in [0.2, 0.25) is 0 Å². The van der Waals surface area contributed by atoms with Gasteiger partial charge in [-0.05, 0) is 25.0 Å². The summed E-state index contributed by atoms with van der Waals surface area (Å²) in [6.45, 7) is 7.08. The summed E-state index contributed by atoms with van der Waals surface area (Å²) >= 11 is 0. The lowest BCUT2D eigenvalue weighted by atomic mass is 9.82. The van der Waals surface area contributed by atoms with E-state index in [0.29, 0.717) is 17.4 Å². The Morgan fingerprint density at radius 1 is 1.32 bits per heavy atom. The molecule has 0 aliphatic carbocycles. The van der Waals surface area contributed by atoms with E-state index >= 15 is 0 Å². The van der Waals surface area contributed by atoms with Crippen molar-refractivity contribution in [3.05, 3.63) is 33.7 Å². The minimum atomic E-state index is -4.53. The highest BCUT2D eigenvalue weighted by Crippen LogP contribution is 2.29. The third kappa shape index (κ3) is 3.59. The van der Waals surface area contributed by atoms with Crippen LogP contribution in [0, 0.1) is 12.3 Å². The van der Waals surface area contributed by atoms with Crippen molar-refractivity contribution in [3.63, 3.8) is 0 Å². The molecule has 0 unspecified atom stereocenters. The monoisotopic (exact) mass is 367 g/mol. The molecule has 1 heterocycles. The smallest absolute Gasteiger partial charge is 0.340 e. The molecule has 0 aliphatic rings. The van der Waals surface area contributed by atoms with Crippen LogP contribution in [0.3, 0.4) is 0 Å². The summed E-state index contributed by atoms with van der Waals surface area (Å²) in [5.41, 5.74) is 4.83. The number of carbonyl (C=O) groups is 1. The van der Waals surface area contributed by atoms with Crippen molar-refractivity contribution in [3.8, 4) is 0 Å². The molecule has 0 saturated carbocycles. The van der Waals surface area contributed by atoms with Crippen molar-refractivity contribution < 1.29 is 22.2 Å². The molecule has 2 aromatic rings. The SMILES string of the molecule is CCC(C)(C)C(=O)Cc1c(C)c2cc(S(=O)(=O)O)c(N)cc2oc1=O. The Balaban J connectivity index is 2.70. The van der Waals surface area contributed by atoms with E-state index in [1.54, 1.807) is 20.8 Å². The zero-order valence-electron chi connectivity index (χ0n) is 14.5. The third-order valence-electron chi connectivity index (χ3n) is 4.67. The Kier molecular flexibility index (Phi) is 4.80. The fourth-order valence-electron chi connectivity index (χ4n) is 2.46. The summed E-state index contributed by atoms with van der Waals surface area (Å²) in [5.74, 6) is -0.116. The van der Waals surface area contributed by atoms with E-state index < -0.39 is 26.1 Å².